The molecule has 2 aromatic heterocycles. The molecule has 0 unspecified atom stereocenters. The molecular formula is C30H31ClN8. The molecule has 0 radical (unpaired) electrons. The lowest BCUT2D eigenvalue weighted by Crippen LogP contribution is -2.20. The van der Waals surface area contributed by atoms with Gasteiger partial charge in [0.25, 0.3) is 0 Å². The zero-order valence-electron chi connectivity index (χ0n) is 22.8. The topological polar surface area (TPSA) is 115 Å². The number of aromatic nitrogens is 4. The van der Waals surface area contributed by atoms with Crippen LogP contribution < -0.4 is 10.6 Å². The van der Waals surface area contributed by atoms with Crippen LogP contribution in [0.1, 0.15) is 74.5 Å². The molecule has 39 heavy (non-hydrogen) atoms. The Morgan fingerprint density at radius 3 is 2.56 bits per heavy atom. The second-order valence-electron chi connectivity index (χ2n) is 11.7. The Morgan fingerprint density at radius 2 is 1.90 bits per heavy atom. The van der Waals surface area contributed by atoms with E-state index in [2.05, 4.69) is 65.8 Å². The highest BCUT2D eigenvalue weighted by molar-refractivity contribution is 6.32. The number of fused-ring (bicyclic) bond motifs is 1. The van der Waals surface area contributed by atoms with Gasteiger partial charge in [-0.05, 0) is 61.4 Å². The number of nitriles is 2. The molecule has 1 aliphatic rings. The second-order valence-corrected chi connectivity index (χ2v) is 12.2. The maximum absolute atomic E-state index is 9.82. The smallest absolute Gasteiger partial charge is 0.110 e. The lowest BCUT2D eigenvalue weighted by molar-refractivity contribution is 0.443. The fourth-order valence-corrected chi connectivity index (χ4v) is 4.86. The van der Waals surface area contributed by atoms with E-state index in [4.69, 9.17) is 11.6 Å². The third kappa shape index (κ3) is 5.26. The van der Waals surface area contributed by atoms with Gasteiger partial charge in [0.05, 0.1) is 51.9 Å². The fraction of sp³-hybridized carbons (Fsp3) is 0.367. The molecular weight excluding hydrogens is 508 g/mol. The molecule has 1 aliphatic carbocycles. The molecule has 9 heteroatoms. The highest BCUT2D eigenvalue weighted by atomic mass is 35.5. The van der Waals surface area contributed by atoms with Gasteiger partial charge in [0, 0.05) is 23.2 Å². The molecule has 0 bridgehead atoms. The number of pyridine rings is 1. The van der Waals surface area contributed by atoms with Crippen LogP contribution in [0, 0.1) is 35.0 Å². The first-order valence-corrected chi connectivity index (χ1v) is 13.4. The van der Waals surface area contributed by atoms with E-state index in [1.807, 2.05) is 48.1 Å². The zero-order chi connectivity index (χ0) is 27.9. The van der Waals surface area contributed by atoms with E-state index in [-0.39, 0.29) is 11.0 Å². The summed E-state index contributed by atoms with van der Waals surface area (Å²) in [4.78, 5) is 4.67. The van der Waals surface area contributed by atoms with Gasteiger partial charge in [-0.15, -0.1) is 5.10 Å². The average molecular weight is 539 g/mol. The molecule has 2 aromatic carbocycles. The summed E-state index contributed by atoms with van der Waals surface area (Å²) in [5.74, 6) is 0. The Labute approximate surface area is 233 Å². The van der Waals surface area contributed by atoms with Crippen LogP contribution in [0.3, 0.4) is 0 Å². The van der Waals surface area contributed by atoms with Crippen molar-refractivity contribution in [3.05, 3.63) is 75.7 Å². The van der Waals surface area contributed by atoms with Gasteiger partial charge >= 0.3 is 0 Å². The number of benzene rings is 2. The first kappa shape index (κ1) is 26.5. The van der Waals surface area contributed by atoms with E-state index in [1.54, 1.807) is 6.20 Å². The van der Waals surface area contributed by atoms with Gasteiger partial charge in [0.15, 0.2) is 0 Å². The monoisotopic (exact) mass is 538 g/mol. The maximum atomic E-state index is 9.82. The lowest BCUT2D eigenvalue weighted by atomic mass is 9.95. The van der Waals surface area contributed by atoms with E-state index >= 15 is 0 Å². The largest absolute Gasteiger partial charge is 0.383 e. The summed E-state index contributed by atoms with van der Waals surface area (Å²) in [5, 5.41) is 36.9. The predicted molar refractivity (Wildman–Crippen MR) is 154 cm³/mol. The SMILES string of the molecule is Cc1c(C#N)cccc1[C@H](Nc1cc(Cl)cc2c(NCC(C)(C)C)c(C#N)cnc12)c1cn(C2(C)CC2)nn1. The van der Waals surface area contributed by atoms with E-state index < -0.39 is 6.04 Å². The summed E-state index contributed by atoms with van der Waals surface area (Å²) in [5.41, 5.74) is 5.63. The molecule has 1 saturated carbocycles. The van der Waals surface area contributed by atoms with Crippen molar-refractivity contribution in [1.82, 2.24) is 20.0 Å². The van der Waals surface area contributed by atoms with E-state index in [9.17, 15) is 10.5 Å². The molecule has 8 nitrogen and oxygen atoms in total. The van der Waals surface area contributed by atoms with Gasteiger partial charge in [-0.1, -0.05) is 49.7 Å². The normalized spacial score (nSPS) is 14.9. The molecule has 1 fully saturated rings. The zero-order valence-corrected chi connectivity index (χ0v) is 23.6. The highest BCUT2D eigenvalue weighted by Crippen LogP contribution is 2.43. The van der Waals surface area contributed by atoms with Crippen LogP contribution in [0.15, 0.2) is 42.7 Å². The van der Waals surface area contributed by atoms with Crippen molar-refractivity contribution in [2.24, 2.45) is 5.41 Å². The number of halogens is 1. The molecule has 1 atom stereocenters. The molecule has 0 spiro atoms. The summed E-state index contributed by atoms with van der Waals surface area (Å²) in [6, 6.07) is 13.5. The first-order valence-electron chi connectivity index (χ1n) is 13.0. The van der Waals surface area contributed by atoms with Crippen molar-refractivity contribution < 1.29 is 0 Å². The summed E-state index contributed by atoms with van der Waals surface area (Å²) in [6.07, 6.45) is 5.69. The van der Waals surface area contributed by atoms with Crippen molar-refractivity contribution in [1.29, 1.82) is 10.5 Å². The third-order valence-electron chi connectivity index (χ3n) is 7.29. The molecule has 2 N–H and O–H groups in total. The number of nitrogens with one attached hydrogen (secondary N) is 2. The summed E-state index contributed by atoms with van der Waals surface area (Å²) in [6.45, 7) is 11.2. The summed E-state index contributed by atoms with van der Waals surface area (Å²) >= 11 is 6.65. The Morgan fingerprint density at radius 1 is 1.15 bits per heavy atom. The Balaban J connectivity index is 1.65. The number of rotatable bonds is 7. The minimum atomic E-state index is -0.417. The van der Waals surface area contributed by atoms with E-state index in [0.717, 1.165) is 35.0 Å². The standard InChI is InChI=1S/C30H31ClN8/c1-18-19(13-32)7-6-8-22(18)28(25-16-39(38-37-25)30(5)9-10-30)36-24-12-21(31)11-23-26(35-17-29(2,3)4)20(14-33)15-34-27(23)24/h6-8,11-12,15-16,28,36H,9-10,17H2,1-5H3,(H,34,35)/t28-/m0/s1. The molecule has 0 amide bonds. The van der Waals surface area contributed by atoms with Gasteiger partial charge in [0.2, 0.25) is 0 Å². The van der Waals surface area contributed by atoms with Crippen LogP contribution in [-0.2, 0) is 5.54 Å². The fourth-order valence-electron chi connectivity index (χ4n) is 4.64. The summed E-state index contributed by atoms with van der Waals surface area (Å²) < 4.78 is 1.93. The van der Waals surface area contributed by atoms with Crippen LogP contribution in [0.25, 0.3) is 10.9 Å². The Kier molecular flexibility index (Phi) is 6.70. The average Bonchev–Trinajstić information content (AvgIpc) is 3.44. The third-order valence-corrected chi connectivity index (χ3v) is 7.51. The second kappa shape index (κ2) is 9.87. The molecule has 0 saturated heterocycles. The van der Waals surface area contributed by atoms with Crippen LogP contribution in [-0.4, -0.2) is 26.5 Å². The number of anilines is 2. The van der Waals surface area contributed by atoms with Crippen LogP contribution in [0.5, 0.6) is 0 Å². The Bertz CT molecular complexity index is 1650. The van der Waals surface area contributed by atoms with E-state index in [1.165, 1.54) is 0 Å². The van der Waals surface area contributed by atoms with Gasteiger partial charge < -0.3 is 10.6 Å². The molecule has 5 rings (SSSR count). The number of hydrogen-bond acceptors (Lipinski definition) is 7. The number of nitrogens with zero attached hydrogens (tertiary/aromatic N) is 6. The molecule has 4 aromatic rings. The molecule has 2 heterocycles. The van der Waals surface area contributed by atoms with Crippen molar-refractivity contribution in [2.45, 2.75) is 59.0 Å². The van der Waals surface area contributed by atoms with Crippen molar-refractivity contribution in [2.75, 3.05) is 17.2 Å². The van der Waals surface area contributed by atoms with Gasteiger partial charge in [-0.3, -0.25) is 4.98 Å². The van der Waals surface area contributed by atoms with Gasteiger partial charge in [-0.25, -0.2) is 4.68 Å². The Hall–Kier alpha value is -4.14. The van der Waals surface area contributed by atoms with Crippen molar-refractivity contribution in [3.63, 3.8) is 0 Å². The van der Waals surface area contributed by atoms with Crippen LogP contribution in [0.2, 0.25) is 5.02 Å². The first-order chi connectivity index (χ1) is 18.5. The molecule has 198 valence electrons. The van der Waals surface area contributed by atoms with Crippen molar-refractivity contribution >= 4 is 33.9 Å². The van der Waals surface area contributed by atoms with Crippen molar-refractivity contribution in [3.8, 4) is 12.1 Å². The number of hydrogen-bond donors (Lipinski definition) is 2. The van der Waals surface area contributed by atoms with E-state index in [0.29, 0.717) is 39.6 Å². The maximum Gasteiger partial charge on any atom is 0.110 e. The van der Waals surface area contributed by atoms with Gasteiger partial charge in [-0.2, -0.15) is 10.5 Å². The quantitative estimate of drug-likeness (QED) is 0.269. The minimum Gasteiger partial charge on any atom is -0.383 e. The summed E-state index contributed by atoms with van der Waals surface area (Å²) in [7, 11) is 0. The minimum absolute atomic E-state index is 0.000375. The van der Waals surface area contributed by atoms with Crippen LogP contribution in [0.4, 0.5) is 11.4 Å². The van der Waals surface area contributed by atoms with Crippen LogP contribution >= 0.6 is 11.6 Å². The lowest BCUT2D eigenvalue weighted by Gasteiger charge is -2.23. The predicted octanol–water partition coefficient (Wildman–Crippen LogP) is 6.70. The van der Waals surface area contributed by atoms with Gasteiger partial charge in [0.1, 0.15) is 11.8 Å². The molecule has 0 aliphatic heterocycles. The highest BCUT2D eigenvalue weighted by Gasteiger charge is 2.41.